The molecular weight excluding hydrogens is 366 g/mol. The van der Waals surface area contributed by atoms with Gasteiger partial charge in [-0.15, -0.1) is 0 Å². The van der Waals surface area contributed by atoms with E-state index in [1.54, 1.807) is 0 Å². The molecule has 1 atom stereocenters. The number of rotatable bonds is 6. The molecule has 1 N–H and O–H groups in total. The van der Waals surface area contributed by atoms with Crippen LogP contribution in [0, 0.1) is 13.8 Å². The maximum atomic E-state index is 12.2. The first-order valence-electron chi connectivity index (χ1n) is 8.20. The number of halogens is 1. The maximum absolute atomic E-state index is 12.2. The standard InChI is InChI=1S/C20H24BrNO2/c1-5-13(2)16-9-10-18(17(21)11-16)24-12-19(23)22-20-14(3)7-6-8-15(20)4/h6-11,13H,5,12H2,1-4H3,(H,22,23). The van der Waals surface area contributed by atoms with Gasteiger partial charge in [-0.25, -0.2) is 0 Å². The smallest absolute Gasteiger partial charge is 0.262 e. The summed E-state index contributed by atoms with van der Waals surface area (Å²) in [6.45, 7) is 8.30. The first kappa shape index (κ1) is 18.5. The number of carbonyl (C=O) groups is 1. The van der Waals surface area contributed by atoms with Gasteiger partial charge in [0.25, 0.3) is 5.91 Å². The Kier molecular flexibility index (Phi) is 6.44. The van der Waals surface area contributed by atoms with Crippen molar-refractivity contribution in [1.82, 2.24) is 0 Å². The molecule has 4 heteroatoms. The van der Waals surface area contributed by atoms with Crippen molar-refractivity contribution < 1.29 is 9.53 Å². The summed E-state index contributed by atoms with van der Waals surface area (Å²) in [6.07, 6.45) is 1.09. The van der Waals surface area contributed by atoms with Gasteiger partial charge in [-0.05, 0) is 70.9 Å². The van der Waals surface area contributed by atoms with Crippen molar-refractivity contribution in [1.29, 1.82) is 0 Å². The quantitative estimate of drug-likeness (QED) is 0.698. The van der Waals surface area contributed by atoms with E-state index in [1.165, 1.54) is 5.56 Å². The van der Waals surface area contributed by atoms with Crippen LogP contribution in [0.1, 0.15) is 42.9 Å². The van der Waals surface area contributed by atoms with E-state index < -0.39 is 0 Å². The van der Waals surface area contributed by atoms with E-state index in [4.69, 9.17) is 4.74 Å². The number of hydrogen-bond acceptors (Lipinski definition) is 2. The van der Waals surface area contributed by atoms with E-state index >= 15 is 0 Å². The van der Waals surface area contributed by atoms with E-state index in [-0.39, 0.29) is 12.5 Å². The second kappa shape index (κ2) is 8.34. The number of para-hydroxylation sites is 1. The van der Waals surface area contributed by atoms with Gasteiger partial charge in [-0.3, -0.25) is 4.79 Å². The summed E-state index contributed by atoms with van der Waals surface area (Å²) in [5.74, 6) is 1.02. The van der Waals surface area contributed by atoms with Crippen LogP contribution in [0.3, 0.4) is 0 Å². The molecule has 0 aromatic heterocycles. The van der Waals surface area contributed by atoms with E-state index in [2.05, 4.69) is 47.2 Å². The molecule has 0 spiro atoms. The third-order valence-corrected chi connectivity index (χ3v) is 4.86. The van der Waals surface area contributed by atoms with Crippen LogP contribution in [-0.2, 0) is 4.79 Å². The Balaban J connectivity index is 1.99. The Hall–Kier alpha value is -1.81. The van der Waals surface area contributed by atoms with Crippen LogP contribution < -0.4 is 10.1 Å². The van der Waals surface area contributed by atoms with E-state index in [1.807, 2.05) is 38.1 Å². The van der Waals surface area contributed by atoms with Gasteiger partial charge in [0, 0.05) is 5.69 Å². The normalized spacial score (nSPS) is 11.9. The van der Waals surface area contributed by atoms with E-state index in [9.17, 15) is 4.79 Å². The molecule has 0 saturated heterocycles. The molecule has 2 rings (SSSR count). The predicted molar refractivity (Wildman–Crippen MR) is 103 cm³/mol. The molecule has 128 valence electrons. The molecular formula is C20H24BrNO2. The SMILES string of the molecule is CCC(C)c1ccc(OCC(=O)Nc2c(C)cccc2C)c(Br)c1. The molecule has 0 bridgehead atoms. The lowest BCUT2D eigenvalue weighted by Crippen LogP contribution is -2.21. The van der Waals surface area contributed by atoms with Crippen LogP contribution in [0.5, 0.6) is 5.75 Å². The molecule has 3 nitrogen and oxygen atoms in total. The Bertz CT molecular complexity index is 707. The number of aryl methyl sites for hydroxylation is 2. The van der Waals surface area contributed by atoms with Crippen LogP contribution in [0.15, 0.2) is 40.9 Å². The molecule has 1 amide bonds. The minimum Gasteiger partial charge on any atom is -0.483 e. The highest BCUT2D eigenvalue weighted by atomic mass is 79.9. The molecule has 0 aliphatic rings. The highest BCUT2D eigenvalue weighted by Gasteiger charge is 2.11. The second-order valence-electron chi connectivity index (χ2n) is 6.10. The number of anilines is 1. The van der Waals surface area contributed by atoms with Crippen molar-refractivity contribution >= 4 is 27.5 Å². The zero-order valence-corrected chi connectivity index (χ0v) is 16.2. The van der Waals surface area contributed by atoms with Crippen LogP contribution >= 0.6 is 15.9 Å². The molecule has 0 aliphatic carbocycles. The largest absolute Gasteiger partial charge is 0.483 e. The van der Waals surface area contributed by atoms with E-state index in [0.717, 1.165) is 27.7 Å². The third kappa shape index (κ3) is 4.60. The summed E-state index contributed by atoms with van der Waals surface area (Å²) in [5, 5.41) is 2.93. The minimum atomic E-state index is -0.162. The molecule has 24 heavy (non-hydrogen) atoms. The number of benzene rings is 2. The predicted octanol–water partition coefficient (Wildman–Crippen LogP) is 5.60. The van der Waals surface area contributed by atoms with Gasteiger partial charge < -0.3 is 10.1 Å². The fraction of sp³-hybridized carbons (Fsp3) is 0.350. The second-order valence-corrected chi connectivity index (χ2v) is 6.96. The Morgan fingerprint density at radius 2 is 1.88 bits per heavy atom. The fourth-order valence-corrected chi connectivity index (χ4v) is 3.02. The van der Waals surface area contributed by atoms with Crippen molar-refractivity contribution in [2.45, 2.75) is 40.0 Å². The van der Waals surface area contributed by atoms with Crippen LogP contribution in [-0.4, -0.2) is 12.5 Å². The van der Waals surface area contributed by atoms with Crippen molar-refractivity contribution in [3.8, 4) is 5.75 Å². The van der Waals surface area contributed by atoms with Crippen molar-refractivity contribution in [3.05, 3.63) is 57.6 Å². The number of nitrogens with one attached hydrogen (secondary N) is 1. The average molecular weight is 390 g/mol. The Morgan fingerprint density at radius 1 is 1.21 bits per heavy atom. The van der Waals surface area contributed by atoms with Gasteiger partial charge in [-0.1, -0.05) is 38.1 Å². The van der Waals surface area contributed by atoms with Crippen molar-refractivity contribution in [3.63, 3.8) is 0 Å². The van der Waals surface area contributed by atoms with E-state index in [0.29, 0.717) is 11.7 Å². The highest BCUT2D eigenvalue weighted by molar-refractivity contribution is 9.10. The van der Waals surface area contributed by atoms with Crippen LogP contribution in [0.2, 0.25) is 0 Å². The molecule has 0 fully saturated rings. The first-order valence-corrected chi connectivity index (χ1v) is 9.00. The first-order chi connectivity index (χ1) is 11.4. The van der Waals surface area contributed by atoms with Gasteiger partial charge in [0.1, 0.15) is 5.75 Å². The van der Waals surface area contributed by atoms with Gasteiger partial charge in [-0.2, -0.15) is 0 Å². The Morgan fingerprint density at radius 3 is 2.46 bits per heavy atom. The van der Waals surface area contributed by atoms with Gasteiger partial charge in [0.15, 0.2) is 6.61 Å². The molecule has 0 aliphatic heterocycles. The Labute approximate surface area is 152 Å². The molecule has 2 aromatic carbocycles. The number of amides is 1. The van der Waals surface area contributed by atoms with Crippen molar-refractivity contribution in [2.24, 2.45) is 0 Å². The highest BCUT2D eigenvalue weighted by Crippen LogP contribution is 2.30. The van der Waals surface area contributed by atoms with Gasteiger partial charge >= 0.3 is 0 Å². The summed E-state index contributed by atoms with van der Waals surface area (Å²) in [4.78, 5) is 12.2. The van der Waals surface area contributed by atoms with Gasteiger partial charge in [0.05, 0.1) is 4.47 Å². The average Bonchev–Trinajstić information content (AvgIpc) is 2.56. The van der Waals surface area contributed by atoms with Gasteiger partial charge in [0.2, 0.25) is 0 Å². The van der Waals surface area contributed by atoms with Crippen LogP contribution in [0.4, 0.5) is 5.69 Å². The number of hydrogen-bond donors (Lipinski definition) is 1. The summed E-state index contributed by atoms with van der Waals surface area (Å²) in [6, 6.07) is 12.0. The zero-order valence-electron chi connectivity index (χ0n) is 14.7. The van der Waals surface area contributed by atoms with Crippen LogP contribution in [0.25, 0.3) is 0 Å². The molecule has 1 unspecified atom stereocenters. The van der Waals surface area contributed by atoms with Crippen molar-refractivity contribution in [2.75, 3.05) is 11.9 Å². The number of ether oxygens (including phenoxy) is 1. The summed E-state index contributed by atoms with van der Waals surface area (Å²) in [7, 11) is 0. The molecule has 0 saturated carbocycles. The fourth-order valence-electron chi connectivity index (χ4n) is 2.51. The lowest BCUT2D eigenvalue weighted by Gasteiger charge is -2.14. The summed E-state index contributed by atoms with van der Waals surface area (Å²) >= 11 is 3.53. The maximum Gasteiger partial charge on any atom is 0.262 e. The summed E-state index contributed by atoms with van der Waals surface area (Å²) < 4.78 is 6.54. The monoisotopic (exact) mass is 389 g/mol. The lowest BCUT2D eigenvalue weighted by molar-refractivity contribution is -0.118. The summed E-state index contributed by atoms with van der Waals surface area (Å²) in [5.41, 5.74) is 4.21. The lowest BCUT2D eigenvalue weighted by atomic mass is 9.99. The minimum absolute atomic E-state index is 0.0188. The number of carbonyl (C=O) groups excluding carboxylic acids is 1. The topological polar surface area (TPSA) is 38.3 Å². The third-order valence-electron chi connectivity index (χ3n) is 4.24. The molecule has 0 heterocycles. The molecule has 0 radical (unpaired) electrons. The zero-order chi connectivity index (χ0) is 17.7. The molecule has 2 aromatic rings.